The molecule has 6 heteroatoms. The van der Waals surface area contributed by atoms with Gasteiger partial charge in [0.15, 0.2) is 0 Å². The minimum atomic E-state index is 0.00367. The molecule has 1 atom stereocenters. The largest absolute Gasteiger partial charge is 0.494 e. The minimum Gasteiger partial charge on any atom is -0.494 e. The van der Waals surface area contributed by atoms with Gasteiger partial charge in [-0.2, -0.15) is 5.10 Å². The summed E-state index contributed by atoms with van der Waals surface area (Å²) < 4.78 is 7.34. The zero-order chi connectivity index (χ0) is 21.1. The van der Waals surface area contributed by atoms with Gasteiger partial charge in [-0.3, -0.25) is 14.5 Å². The molecule has 0 spiro atoms. The second-order valence-electron chi connectivity index (χ2n) is 7.79. The van der Waals surface area contributed by atoms with Crippen molar-refractivity contribution in [2.75, 3.05) is 13.2 Å². The Morgan fingerprint density at radius 1 is 1.20 bits per heavy atom. The molecule has 1 saturated heterocycles. The first-order valence-electron chi connectivity index (χ1n) is 10.5. The topological polar surface area (TPSA) is 60.2 Å². The molecule has 0 radical (unpaired) electrons. The smallest absolute Gasteiger partial charge is 0.227 e. The van der Waals surface area contributed by atoms with E-state index >= 15 is 0 Å². The lowest BCUT2D eigenvalue weighted by Gasteiger charge is -2.24. The van der Waals surface area contributed by atoms with E-state index in [1.165, 1.54) is 0 Å². The molecule has 1 fully saturated rings. The maximum atomic E-state index is 13.2. The number of likely N-dealkylation sites (tertiary alicyclic amines) is 1. The van der Waals surface area contributed by atoms with Gasteiger partial charge >= 0.3 is 0 Å². The summed E-state index contributed by atoms with van der Waals surface area (Å²) in [6.45, 7) is 5.43. The monoisotopic (exact) mass is 404 g/mol. The van der Waals surface area contributed by atoms with E-state index in [0.29, 0.717) is 13.0 Å². The number of aromatic nitrogens is 3. The van der Waals surface area contributed by atoms with Crippen molar-refractivity contribution in [2.24, 2.45) is 7.05 Å². The van der Waals surface area contributed by atoms with Gasteiger partial charge in [0.1, 0.15) is 5.75 Å². The number of amides is 1. The first kappa shape index (κ1) is 20.1. The average Bonchev–Trinajstić information content (AvgIpc) is 3.36. The number of hydrogen-bond donors (Lipinski definition) is 0. The number of carbonyl (C=O) groups excluding carboxylic acids is 1. The molecule has 0 N–H and O–H groups in total. The predicted molar refractivity (Wildman–Crippen MR) is 116 cm³/mol. The fourth-order valence-corrected chi connectivity index (χ4v) is 4.23. The van der Waals surface area contributed by atoms with Crippen molar-refractivity contribution in [2.45, 2.75) is 39.2 Å². The van der Waals surface area contributed by atoms with E-state index < -0.39 is 0 Å². The van der Waals surface area contributed by atoms with E-state index in [2.05, 4.69) is 11.9 Å². The molecule has 1 aliphatic heterocycles. The molecule has 30 heavy (non-hydrogen) atoms. The molecule has 1 unspecified atom stereocenters. The molecule has 2 aromatic heterocycles. The lowest BCUT2D eigenvalue weighted by molar-refractivity contribution is -0.131. The number of benzene rings is 1. The van der Waals surface area contributed by atoms with Crippen molar-refractivity contribution in [1.29, 1.82) is 0 Å². The summed E-state index contributed by atoms with van der Waals surface area (Å²) >= 11 is 0. The van der Waals surface area contributed by atoms with Crippen molar-refractivity contribution in [3.8, 4) is 16.9 Å². The SMILES string of the molecule is CCOc1ccc(CC(=O)N2CCCC2c2nn(C)cc2-c2ccncc2C)cc1. The van der Waals surface area contributed by atoms with Gasteiger partial charge in [-0.15, -0.1) is 0 Å². The highest BCUT2D eigenvalue weighted by atomic mass is 16.5. The van der Waals surface area contributed by atoms with Crippen molar-refractivity contribution in [1.82, 2.24) is 19.7 Å². The summed E-state index contributed by atoms with van der Waals surface area (Å²) in [5.41, 5.74) is 5.30. The Morgan fingerprint density at radius 3 is 2.73 bits per heavy atom. The van der Waals surface area contributed by atoms with Crippen LogP contribution in [-0.2, 0) is 18.3 Å². The van der Waals surface area contributed by atoms with Crippen molar-refractivity contribution in [3.63, 3.8) is 0 Å². The van der Waals surface area contributed by atoms with Crippen LogP contribution in [0.3, 0.4) is 0 Å². The lowest BCUT2D eigenvalue weighted by atomic mass is 9.98. The molecule has 156 valence electrons. The standard InChI is InChI=1S/C24H28N4O2/c1-4-30-19-9-7-18(8-10-19)14-23(29)28-13-5-6-22(28)24-21(16-27(3)26-24)20-11-12-25-15-17(20)2/h7-12,15-16,22H,4-6,13-14H2,1-3H3. The van der Waals surface area contributed by atoms with Gasteiger partial charge in [-0.1, -0.05) is 12.1 Å². The van der Waals surface area contributed by atoms with Crippen LogP contribution in [0.2, 0.25) is 0 Å². The summed E-state index contributed by atoms with van der Waals surface area (Å²) in [6, 6.07) is 9.83. The Bertz CT molecular complexity index is 1030. The van der Waals surface area contributed by atoms with Gasteiger partial charge in [0.05, 0.1) is 24.8 Å². The van der Waals surface area contributed by atoms with Crippen LogP contribution in [0.25, 0.3) is 11.1 Å². The van der Waals surface area contributed by atoms with Gasteiger partial charge in [0, 0.05) is 37.7 Å². The fraction of sp³-hybridized carbons (Fsp3) is 0.375. The maximum Gasteiger partial charge on any atom is 0.227 e. The van der Waals surface area contributed by atoms with Crippen LogP contribution in [0.4, 0.5) is 0 Å². The summed E-state index contributed by atoms with van der Waals surface area (Å²) in [4.78, 5) is 19.4. The second kappa shape index (κ2) is 8.69. The highest BCUT2D eigenvalue weighted by molar-refractivity contribution is 5.80. The number of rotatable bonds is 6. The van der Waals surface area contributed by atoms with Crippen LogP contribution in [-0.4, -0.2) is 38.7 Å². The molecule has 4 rings (SSSR count). The fourth-order valence-electron chi connectivity index (χ4n) is 4.23. The Morgan fingerprint density at radius 2 is 2.00 bits per heavy atom. The van der Waals surface area contributed by atoms with E-state index in [1.54, 1.807) is 0 Å². The van der Waals surface area contributed by atoms with Gasteiger partial charge in [0.2, 0.25) is 5.91 Å². The summed E-state index contributed by atoms with van der Waals surface area (Å²) in [6.07, 6.45) is 8.04. The van der Waals surface area contributed by atoms with E-state index in [9.17, 15) is 4.79 Å². The third-order valence-electron chi connectivity index (χ3n) is 5.65. The molecule has 3 heterocycles. The quantitative estimate of drug-likeness (QED) is 0.621. The molecule has 1 aromatic carbocycles. The molecule has 6 nitrogen and oxygen atoms in total. The van der Waals surface area contributed by atoms with Crippen molar-refractivity contribution in [3.05, 3.63) is 65.7 Å². The maximum absolute atomic E-state index is 13.2. The summed E-state index contributed by atoms with van der Waals surface area (Å²) in [5.74, 6) is 0.975. The highest BCUT2D eigenvalue weighted by Crippen LogP contribution is 2.38. The first-order valence-corrected chi connectivity index (χ1v) is 10.5. The van der Waals surface area contributed by atoms with Crippen LogP contribution in [0.15, 0.2) is 48.9 Å². The third-order valence-corrected chi connectivity index (χ3v) is 5.65. The number of nitrogens with zero attached hydrogens (tertiary/aromatic N) is 4. The number of aryl methyl sites for hydroxylation is 2. The number of pyridine rings is 1. The van der Waals surface area contributed by atoms with Crippen LogP contribution in [0.1, 0.15) is 42.6 Å². The molecule has 1 aliphatic rings. The van der Waals surface area contributed by atoms with Crippen molar-refractivity contribution >= 4 is 5.91 Å². The zero-order valence-corrected chi connectivity index (χ0v) is 17.8. The molecule has 0 aliphatic carbocycles. The van der Waals surface area contributed by atoms with Crippen LogP contribution in [0, 0.1) is 6.92 Å². The predicted octanol–water partition coefficient (Wildman–Crippen LogP) is 4.10. The summed E-state index contributed by atoms with van der Waals surface area (Å²) in [7, 11) is 1.94. The zero-order valence-electron chi connectivity index (χ0n) is 17.8. The number of carbonyl (C=O) groups is 1. The minimum absolute atomic E-state index is 0.00367. The van der Waals surface area contributed by atoms with Gasteiger partial charge in [-0.25, -0.2) is 0 Å². The van der Waals surface area contributed by atoms with E-state index in [1.807, 2.05) is 72.5 Å². The lowest BCUT2D eigenvalue weighted by Crippen LogP contribution is -2.32. The van der Waals surface area contributed by atoms with Crippen LogP contribution >= 0.6 is 0 Å². The second-order valence-corrected chi connectivity index (χ2v) is 7.79. The molecule has 0 bridgehead atoms. The number of ether oxygens (including phenoxy) is 1. The van der Waals surface area contributed by atoms with E-state index in [0.717, 1.165) is 53.1 Å². The Hall–Kier alpha value is -3.15. The molecule has 0 saturated carbocycles. The normalized spacial score (nSPS) is 16.1. The van der Waals surface area contributed by atoms with Crippen LogP contribution in [0.5, 0.6) is 5.75 Å². The highest BCUT2D eigenvalue weighted by Gasteiger charge is 2.33. The van der Waals surface area contributed by atoms with Crippen LogP contribution < -0.4 is 4.74 Å². The average molecular weight is 405 g/mol. The Kier molecular flexibility index (Phi) is 5.84. The Balaban J connectivity index is 1.57. The number of hydrogen-bond acceptors (Lipinski definition) is 4. The Labute approximate surface area is 177 Å². The summed E-state index contributed by atoms with van der Waals surface area (Å²) in [5, 5.41) is 4.77. The molecular formula is C24H28N4O2. The third kappa shape index (κ3) is 4.08. The molecule has 1 amide bonds. The van der Waals surface area contributed by atoms with Gasteiger partial charge in [-0.05, 0) is 61.6 Å². The van der Waals surface area contributed by atoms with Gasteiger partial charge in [0.25, 0.3) is 0 Å². The van der Waals surface area contributed by atoms with Gasteiger partial charge < -0.3 is 9.64 Å². The molecule has 3 aromatic rings. The van der Waals surface area contributed by atoms with E-state index in [-0.39, 0.29) is 11.9 Å². The first-order chi connectivity index (χ1) is 14.6. The van der Waals surface area contributed by atoms with E-state index in [4.69, 9.17) is 9.84 Å². The molecular weight excluding hydrogens is 376 g/mol. The van der Waals surface area contributed by atoms with Crippen molar-refractivity contribution < 1.29 is 9.53 Å².